The summed E-state index contributed by atoms with van der Waals surface area (Å²) in [6.45, 7) is 11.7. The lowest BCUT2D eigenvalue weighted by Gasteiger charge is -2.32. The van der Waals surface area contributed by atoms with Gasteiger partial charge in [-0.05, 0) is 51.4 Å². The van der Waals surface area contributed by atoms with Crippen LogP contribution in [0.5, 0.6) is 0 Å². The van der Waals surface area contributed by atoms with Crippen molar-refractivity contribution in [2.45, 2.75) is 232 Å². The molecule has 2 rings (SSSR count). The molecule has 12 nitrogen and oxygen atoms in total. The molecule has 0 bridgehead atoms. The van der Waals surface area contributed by atoms with Crippen molar-refractivity contribution in [3.05, 3.63) is 0 Å². The van der Waals surface area contributed by atoms with Crippen molar-refractivity contribution in [2.24, 2.45) is 0 Å². The highest BCUT2D eigenvalue weighted by Crippen LogP contribution is 2.20. The van der Waals surface area contributed by atoms with E-state index in [2.05, 4.69) is 70.2 Å². The van der Waals surface area contributed by atoms with Gasteiger partial charge in [0.05, 0.1) is 24.2 Å². The van der Waals surface area contributed by atoms with Gasteiger partial charge in [0.25, 0.3) is 0 Å². The molecule has 0 aromatic carbocycles. The molecule has 0 radical (unpaired) electrons. The molecule has 8 amide bonds. The number of hydrogen-bond donors (Lipinski definition) is 8. The molecule has 2 fully saturated rings. The van der Waals surface area contributed by atoms with Crippen LogP contribution in [0.3, 0.4) is 0 Å². The maximum atomic E-state index is 12.2. The van der Waals surface area contributed by atoms with E-state index >= 15 is 0 Å². The predicted molar refractivity (Wildman–Crippen MR) is 233 cm³/mol. The van der Waals surface area contributed by atoms with Crippen LogP contribution >= 0.6 is 0 Å². The zero-order valence-electron chi connectivity index (χ0n) is 36.6. The summed E-state index contributed by atoms with van der Waals surface area (Å²) in [6.07, 6.45) is 31.8. The molecule has 0 saturated heterocycles. The number of amides is 8. The van der Waals surface area contributed by atoms with Crippen molar-refractivity contribution >= 4 is 24.1 Å². The second kappa shape index (κ2) is 36.4. The second-order valence-corrected chi connectivity index (χ2v) is 16.3. The van der Waals surface area contributed by atoms with Crippen LogP contribution in [0.25, 0.3) is 0 Å². The van der Waals surface area contributed by atoms with Crippen molar-refractivity contribution in [3.63, 3.8) is 0 Å². The fraction of sp³-hybridized carbons (Fsp3) is 0.909. The molecule has 2 aliphatic rings. The monoisotopic (exact) mass is 793 g/mol. The molecule has 328 valence electrons. The average molecular weight is 793 g/mol. The van der Waals surface area contributed by atoms with Gasteiger partial charge in [-0.15, -0.1) is 0 Å². The molecular weight excluding hydrogens is 705 g/mol. The number of nitrogens with one attached hydrogen (secondary N) is 8. The Kier molecular flexibility index (Phi) is 33.2. The van der Waals surface area contributed by atoms with Gasteiger partial charge in [-0.25, -0.2) is 19.2 Å². The lowest BCUT2D eigenvalue weighted by atomic mass is 9.90. The molecule has 12 heteroatoms. The number of rotatable bonds is 28. The Hall–Kier alpha value is -2.92. The molecule has 2 aliphatic carbocycles. The normalized spacial score (nSPS) is 19.1. The lowest BCUT2D eigenvalue weighted by molar-refractivity contribution is 0.213. The quantitative estimate of drug-likeness (QED) is 0.0370. The summed E-state index contributed by atoms with van der Waals surface area (Å²) >= 11 is 0. The number of unbranched alkanes of at least 4 members (excludes halogenated alkanes) is 16. The summed E-state index contributed by atoms with van der Waals surface area (Å²) in [4.78, 5) is 48.7. The van der Waals surface area contributed by atoms with Gasteiger partial charge in [0, 0.05) is 26.2 Å². The first-order valence-electron chi connectivity index (χ1n) is 23.5. The smallest absolute Gasteiger partial charge is 0.315 e. The molecule has 0 aromatic rings. The standard InChI is InChI=1S/2C22H44N4O2/c2*1-3-5-7-9-13-17-23-21(27)25-19-15-11-12-16-20(19)26-22(28)24-18-14-10-8-6-4-2/h2*19-20H,3-18H2,1-2H3,(H2,23,25,27)(H2,24,26,28). The Morgan fingerprint density at radius 3 is 0.714 bits per heavy atom. The van der Waals surface area contributed by atoms with Crippen LogP contribution in [0.1, 0.15) is 207 Å². The predicted octanol–water partition coefficient (Wildman–Crippen LogP) is 9.67. The van der Waals surface area contributed by atoms with E-state index in [1.165, 1.54) is 103 Å². The summed E-state index contributed by atoms with van der Waals surface area (Å²) in [6, 6.07) is -0.353. The molecular formula is C44H88N8O4. The topological polar surface area (TPSA) is 165 Å². The van der Waals surface area contributed by atoms with Gasteiger partial charge < -0.3 is 42.5 Å². The molecule has 8 N–H and O–H groups in total. The molecule has 56 heavy (non-hydrogen) atoms. The van der Waals surface area contributed by atoms with Gasteiger partial charge in [0.15, 0.2) is 0 Å². The van der Waals surface area contributed by atoms with Crippen LogP contribution < -0.4 is 42.5 Å². The van der Waals surface area contributed by atoms with Crippen LogP contribution in [0.2, 0.25) is 0 Å². The minimum absolute atomic E-state index is 0.0177. The van der Waals surface area contributed by atoms with Crippen molar-refractivity contribution in [1.82, 2.24) is 42.5 Å². The maximum absolute atomic E-state index is 12.2. The highest BCUT2D eigenvalue weighted by molar-refractivity contribution is 5.76. The van der Waals surface area contributed by atoms with Crippen molar-refractivity contribution < 1.29 is 19.2 Å². The van der Waals surface area contributed by atoms with E-state index in [0.29, 0.717) is 0 Å². The Balaban J connectivity index is 0.000000560. The van der Waals surface area contributed by atoms with Crippen LogP contribution in [0.15, 0.2) is 0 Å². The van der Waals surface area contributed by atoms with E-state index in [1.54, 1.807) is 0 Å². The third kappa shape index (κ3) is 28.5. The summed E-state index contributed by atoms with van der Waals surface area (Å²) in [5.74, 6) is 0. The SMILES string of the molecule is CCCCCCCNC(=O)NC1CCCCC1NC(=O)NCCCCCCC.CCCCCCCNC(=O)NC1CCCCC1NC(=O)NCCCCCCC. The molecule has 0 aromatic heterocycles. The third-order valence-electron chi connectivity index (χ3n) is 11.1. The maximum Gasteiger partial charge on any atom is 0.315 e. The number of carbonyl (C=O) groups is 4. The number of carbonyl (C=O) groups excluding carboxylic acids is 4. The first-order chi connectivity index (χ1) is 27.3. The van der Waals surface area contributed by atoms with Crippen molar-refractivity contribution in [3.8, 4) is 0 Å². The van der Waals surface area contributed by atoms with Gasteiger partial charge >= 0.3 is 24.1 Å². The first kappa shape index (κ1) is 51.1. The van der Waals surface area contributed by atoms with Gasteiger partial charge in [-0.2, -0.15) is 0 Å². The first-order valence-corrected chi connectivity index (χ1v) is 23.5. The fourth-order valence-corrected chi connectivity index (χ4v) is 7.55. The number of hydrogen-bond acceptors (Lipinski definition) is 4. The van der Waals surface area contributed by atoms with Crippen LogP contribution in [-0.4, -0.2) is 74.5 Å². The van der Waals surface area contributed by atoms with Crippen LogP contribution in [-0.2, 0) is 0 Å². The Morgan fingerprint density at radius 2 is 0.518 bits per heavy atom. The third-order valence-corrected chi connectivity index (χ3v) is 11.1. The van der Waals surface area contributed by atoms with E-state index in [-0.39, 0.29) is 48.3 Å². The zero-order chi connectivity index (χ0) is 40.9. The van der Waals surface area contributed by atoms with Gasteiger partial charge in [0.2, 0.25) is 0 Å². The second-order valence-electron chi connectivity index (χ2n) is 16.3. The largest absolute Gasteiger partial charge is 0.338 e. The fourth-order valence-electron chi connectivity index (χ4n) is 7.55. The van der Waals surface area contributed by atoms with Crippen LogP contribution in [0.4, 0.5) is 19.2 Å². The highest BCUT2D eigenvalue weighted by Gasteiger charge is 2.29. The van der Waals surface area contributed by atoms with E-state index in [1.807, 2.05) is 0 Å². The van der Waals surface area contributed by atoms with Gasteiger partial charge in [-0.1, -0.05) is 156 Å². The Labute approximate surface area is 342 Å². The Morgan fingerprint density at radius 1 is 0.321 bits per heavy atom. The number of urea groups is 4. The van der Waals surface area contributed by atoms with Crippen LogP contribution in [0, 0.1) is 0 Å². The average Bonchev–Trinajstić information content (AvgIpc) is 3.19. The highest BCUT2D eigenvalue weighted by atomic mass is 16.2. The molecule has 0 heterocycles. The summed E-state index contributed by atoms with van der Waals surface area (Å²) in [7, 11) is 0. The van der Waals surface area contributed by atoms with Gasteiger partial charge in [0.1, 0.15) is 0 Å². The lowest BCUT2D eigenvalue weighted by Crippen LogP contribution is -2.56. The van der Waals surface area contributed by atoms with Crippen molar-refractivity contribution in [2.75, 3.05) is 26.2 Å². The molecule has 0 aliphatic heterocycles. The molecule has 0 spiro atoms. The van der Waals surface area contributed by atoms with E-state index in [0.717, 1.165) is 103 Å². The summed E-state index contributed by atoms with van der Waals surface area (Å²) < 4.78 is 0. The molecule has 2 saturated carbocycles. The summed E-state index contributed by atoms with van der Waals surface area (Å²) in [5.41, 5.74) is 0. The molecule has 4 atom stereocenters. The minimum atomic E-state index is -0.106. The van der Waals surface area contributed by atoms with E-state index in [9.17, 15) is 19.2 Å². The Bertz CT molecular complexity index is 835. The van der Waals surface area contributed by atoms with E-state index in [4.69, 9.17) is 0 Å². The van der Waals surface area contributed by atoms with Gasteiger partial charge in [-0.3, -0.25) is 0 Å². The van der Waals surface area contributed by atoms with E-state index < -0.39 is 0 Å². The molecule has 4 unspecified atom stereocenters. The summed E-state index contributed by atoms with van der Waals surface area (Å²) in [5, 5.41) is 24.1. The minimum Gasteiger partial charge on any atom is -0.338 e. The zero-order valence-corrected chi connectivity index (χ0v) is 36.6. The van der Waals surface area contributed by atoms with Crippen molar-refractivity contribution in [1.29, 1.82) is 0 Å².